The molecule has 0 saturated heterocycles. The molecule has 27 heavy (non-hydrogen) atoms. The summed E-state index contributed by atoms with van der Waals surface area (Å²) in [6.45, 7) is 5.85. The molecule has 2 rings (SSSR count). The summed E-state index contributed by atoms with van der Waals surface area (Å²) in [5.74, 6) is -0.0974. The molecule has 0 atom stereocenters. The summed E-state index contributed by atoms with van der Waals surface area (Å²) in [7, 11) is -3.67. The number of hydrogen-bond acceptors (Lipinski definition) is 4. The molecule has 1 amide bonds. The fourth-order valence-corrected chi connectivity index (χ4v) is 3.45. The molecule has 2 N–H and O–H groups in total. The van der Waals surface area contributed by atoms with Crippen LogP contribution in [0.25, 0.3) is 0 Å². The quantitative estimate of drug-likeness (QED) is 0.677. The summed E-state index contributed by atoms with van der Waals surface area (Å²) >= 11 is 0. The molecular formula is C20H24N2O4S. The van der Waals surface area contributed by atoms with Gasteiger partial charge >= 0.3 is 0 Å². The van der Waals surface area contributed by atoms with E-state index in [1.165, 1.54) is 25.1 Å². The first-order chi connectivity index (χ1) is 12.7. The number of Topliss-reactive ketones (excluding diaryl/α,β-unsaturated/α-hetero) is 1. The highest BCUT2D eigenvalue weighted by molar-refractivity contribution is 7.89. The average molecular weight is 388 g/mol. The molecule has 0 heterocycles. The third kappa shape index (κ3) is 6.01. The molecule has 0 aliphatic heterocycles. The number of sulfonamides is 1. The Morgan fingerprint density at radius 3 is 2.26 bits per heavy atom. The predicted octanol–water partition coefficient (Wildman–Crippen LogP) is 3.47. The van der Waals surface area contributed by atoms with E-state index >= 15 is 0 Å². The van der Waals surface area contributed by atoms with Gasteiger partial charge in [0.05, 0.1) is 4.90 Å². The van der Waals surface area contributed by atoms with Crippen LogP contribution in [0, 0.1) is 5.92 Å². The summed E-state index contributed by atoms with van der Waals surface area (Å²) in [5, 5.41) is 2.70. The van der Waals surface area contributed by atoms with Crippen molar-refractivity contribution in [2.45, 2.75) is 32.1 Å². The number of nitrogens with one attached hydrogen (secondary N) is 2. The Balaban J connectivity index is 2.11. The number of hydrogen-bond donors (Lipinski definition) is 2. The zero-order chi connectivity index (χ0) is 20.0. The van der Waals surface area contributed by atoms with Crippen LogP contribution in [0.4, 0.5) is 5.69 Å². The number of benzene rings is 2. The van der Waals surface area contributed by atoms with Crippen molar-refractivity contribution in [3.8, 4) is 0 Å². The Kier molecular flexibility index (Phi) is 6.87. The molecular weight excluding hydrogens is 364 g/mol. The van der Waals surface area contributed by atoms with Crippen LogP contribution in [0.15, 0.2) is 53.4 Å². The van der Waals surface area contributed by atoms with E-state index in [0.29, 0.717) is 23.7 Å². The number of amides is 1. The van der Waals surface area contributed by atoms with Crippen LogP contribution in [0.2, 0.25) is 0 Å². The fourth-order valence-electron chi connectivity index (χ4n) is 2.36. The Morgan fingerprint density at radius 2 is 1.67 bits per heavy atom. The van der Waals surface area contributed by atoms with Crippen molar-refractivity contribution in [3.63, 3.8) is 0 Å². The van der Waals surface area contributed by atoms with Crippen LogP contribution in [-0.2, 0) is 10.0 Å². The van der Waals surface area contributed by atoms with Gasteiger partial charge in [0.15, 0.2) is 5.78 Å². The Labute approximate surface area is 160 Å². The molecule has 0 fully saturated rings. The number of rotatable bonds is 8. The zero-order valence-corrected chi connectivity index (χ0v) is 16.5. The Hall–Kier alpha value is -2.51. The largest absolute Gasteiger partial charge is 0.322 e. The van der Waals surface area contributed by atoms with E-state index in [0.717, 1.165) is 6.42 Å². The first kappa shape index (κ1) is 20.8. The van der Waals surface area contributed by atoms with Crippen LogP contribution in [0.3, 0.4) is 0 Å². The van der Waals surface area contributed by atoms with Gasteiger partial charge in [-0.2, -0.15) is 0 Å². The van der Waals surface area contributed by atoms with Gasteiger partial charge in [-0.1, -0.05) is 19.9 Å². The van der Waals surface area contributed by atoms with Crippen LogP contribution in [0.5, 0.6) is 0 Å². The van der Waals surface area contributed by atoms with Crippen molar-refractivity contribution >= 4 is 27.4 Å². The van der Waals surface area contributed by atoms with Crippen LogP contribution < -0.4 is 10.0 Å². The average Bonchev–Trinajstić information content (AvgIpc) is 2.61. The highest BCUT2D eigenvalue weighted by Gasteiger charge is 2.16. The van der Waals surface area contributed by atoms with Crippen molar-refractivity contribution in [1.29, 1.82) is 0 Å². The van der Waals surface area contributed by atoms with Crippen molar-refractivity contribution < 1.29 is 18.0 Å². The van der Waals surface area contributed by atoms with Gasteiger partial charge in [0.25, 0.3) is 5.91 Å². The van der Waals surface area contributed by atoms with Crippen molar-refractivity contribution in [1.82, 2.24) is 4.72 Å². The van der Waals surface area contributed by atoms with Gasteiger partial charge < -0.3 is 5.32 Å². The highest BCUT2D eigenvalue weighted by Crippen LogP contribution is 2.15. The first-order valence-electron chi connectivity index (χ1n) is 8.71. The smallest absolute Gasteiger partial charge is 0.255 e. The van der Waals surface area contributed by atoms with Gasteiger partial charge in [-0.05, 0) is 61.7 Å². The second kappa shape index (κ2) is 8.92. The number of carbonyl (C=O) groups excluding carboxylic acids is 2. The van der Waals surface area contributed by atoms with Crippen molar-refractivity contribution in [2.75, 3.05) is 11.9 Å². The van der Waals surface area contributed by atoms with E-state index in [2.05, 4.69) is 10.0 Å². The van der Waals surface area contributed by atoms with Crippen molar-refractivity contribution in [2.24, 2.45) is 5.92 Å². The lowest BCUT2D eigenvalue weighted by molar-refractivity contribution is 0.101. The van der Waals surface area contributed by atoms with Crippen molar-refractivity contribution in [3.05, 3.63) is 59.7 Å². The maximum absolute atomic E-state index is 12.4. The van der Waals surface area contributed by atoms with E-state index in [-0.39, 0.29) is 16.2 Å². The lowest BCUT2D eigenvalue weighted by atomic mass is 10.1. The molecule has 0 spiro atoms. The summed E-state index contributed by atoms with van der Waals surface area (Å²) in [5.41, 5.74) is 1.30. The SMILES string of the molecule is CC(=O)c1ccc(NC(=O)c2cccc(S(=O)(=O)NCCC(C)C)c2)cc1. The third-order valence-electron chi connectivity index (χ3n) is 3.97. The molecule has 144 valence electrons. The monoisotopic (exact) mass is 388 g/mol. The molecule has 7 heteroatoms. The minimum Gasteiger partial charge on any atom is -0.322 e. The first-order valence-corrected chi connectivity index (χ1v) is 10.2. The van der Waals surface area contributed by atoms with E-state index in [9.17, 15) is 18.0 Å². The third-order valence-corrected chi connectivity index (χ3v) is 5.43. The highest BCUT2D eigenvalue weighted by atomic mass is 32.2. The molecule has 2 aromatic carbocycles. The molecule has 0 aromatic heterocycles. The normalized spacial score (nSPS) is 11.4. The van der Waals surface area contributed by atoms with Gasteiger partial charge in [0.1, 0.15) is 0 Å². The topological polar surface area (TPSA) is 92.3 Å². The predicted molar refractivity (Wildman–Crippen MR) is 105 cm³/mol. The zero-order valence-electron chi connectivity index (χ0n) is 15.7. The number of carbonyl (C=O) groups is 2. The number of ketones is 1. The van der Waals surface area contributed by atoms with E-state index in [1.807, 2.05) is 13.8 Å². The van der Waals surface area contributed by atoms with Gasteiger partial charge in [-0.3, -0.25) is 9.59 Å². The second-order valence-corrected chi connectivity index (χ2v) is 8.46. The lowest BCUT2D eigenvalue weighted by Gasteiger charge is -2.10. The van der Waals surface area contributed by atoms with E-state index < -0.39 is 15.9 Å². The number of anilines is 1. The van der Waals surface area contributed by atoms with Crippen LogP contribution >= 0.6 is 0 Å². The van der Waals surface area contributed by atoms with Crippen LogP contribution in [-0.4, -0.2) is 26.7 Å². The van der Waals surface area contributed by atoms with Gasteiger partial charge in [-0.25, -0.2) is 13.1 Å². The summed E-state index contributed by atoms with van der Waals surface area (Å²) in [4.78, 5) is 23.8. The summed E-state index contributed by atoms with van der Waals surface area (Å²) in [6.07, 6.45) is 0.732. The molecule has 0 saturated carbocycles. The van der Waals surface area contributed by atoms with Gasteiger partial charge in [0, 0.05) is 23.4 Å². The maximum Gasteiger partial charge on any atom is 0.255 e. The minimum absolute atomic E-state index is 0.0471. The maximum atomic E-state index is 12.4. The Bertz CT molecular complexity index is 919. The van der Waals surface area contributed by atoms with Gasteiger partial charge in [-0.15, -0.1) is 0 Å². The summed E-state index contributed by atoms with van der Waals surface area (Å²) < 4.78 is 27.3. The molecule has 0 unspecified atom stereocenters. The van der Waals surface area contributed by atoms with E-state index in [4.69, 9.17) is 0 Å². The molecule has 6 nitrogen and oxygen atoms in total. The second-order valence-electron chi connectivity index (χ2n) is 6.70. The van der Waals surface area contributed by atoms with Gasteiger partial charge in [0.2, 0.25) is 10.0 Å². The van der Waals surface area contributed by atoms with E-state index in [1.54, 1.807) is 30.3 Å². The standard InChI is InChI=1S/C20H24N2O4S/c1-14(2)11-12-21-27(25,26)19-6-4-5-17(13-19)20(24)22-18-9-7-16(8-10-18)15(3)23/h4-10,13-14,21H,11-12H2,1-3H3,(H,22,24). The molecule has 0 bridgehead atoms. The molecule has 0 radical (unpaired) electrons. The molecule has 0 aliphatic carbocycles. The summed E-state index contributed by atoms with van der Waals surface area (Å²) in [6, 6.07) is 12.4. The molecule has 0 aliphatic rings. The minimum atomic E-state index is -3.67. The molecule has 2 aromatic rings. The Morgan fingerprint density at radius 1 is 1.00 bits per heavy atom. The van der Waals surface area contributed by atoms with Crippen LogP contribution in [0.1, 0.15) is 47.9 Å². The lowest BCUT2D eigenvalue weighted by Crippen LogP contribution is -2.26. The fraction of sp³-hybridized carbons (Fsp3) is 0.300.